The zero-order chi connectivity index (χ0) is 13.1. The van der Waals surface area contributed by atoms with Gasteiger partial charge in [-0.05, 0) is 25.0 Å². The average molecular weight is 271 g/mol. The van der Waals surface area contributed by atoms with E-state index in [2.05, 4.69) is 4.98 Å². The molecule has 1 aromatic rings. The summed E-state index contributed by atoms with van der Waals surface area (Å²) in [6.45, 7) is 0.0939. The summed E-state index contributed by atoms with van der Waals surface area (Å²) < 4.78 is 9.97. The van der Waals surface area contributed by atoms with Gasteiger partial charge in [0.15, 0.2) is 17.7 Å². The largest absolute Gasteiger partial charge is 0.464 e. The molecule has 1 fully saturated rings. The summed E-state index contributed by atoms with van der Waals surface area (Å²) in [7, 11) is 3.30. The van der Waals surface area contributed by atoms with Crippen LogP contribution in [0.2, 0.25) is 5.15 Å². The van der Waals surface area contributed by atoms with E-state index in [1.165, 1.54) is 7.11 Å². The van der Waals surface area contributed by atoms with Gasteiger partial charge in [-0.2, -0.15) is 0 Å². The highest BCUT2D eigenvalue weighted by Crippen LogP contribution is 2.27. The first kappa shape index (κ1) is 13.1. The number of hydrogen-bond acceptors (Lipinski definition) is 4. The molecule has 0 radical (unpaired) electrons. The molecular formula is C12H15ClN2O3. The first-order chi connectivity index (χ1) is 8.63. The van der Waals surface area contributed by atoms with E-state index in [0.29, 0.717) is 17.5 Å². The first-order valence-electron chi connectivity index (χ1n) is 5.69. The Morgan fingerprint density at radius 1 is 1.56 bits per heavy atom. The maximum absolute atomic E-state index is 12.0. The van der Waals surface area contributed by atoms with E-state index in [1.54, 1.807) is 24.1 Å². The quantitative estimate of drug-likeness (QED) is 0.606. The number of amides is 1. The van der Waals surface area contributed by atoms with Gasteiger partial charge in [-0.1, -0.05) is 11.6 Å². The lowest BCUT2D eigenvalue weighted by molar-refractivity contribution is 0.0509. The number of pyridine rings is 1. The van der Waals surface area contributed by atoms with Crippen LogP contribution in [0.3, 0.4) is 0 Å². The minimum absolute atomic E-state index is 0.0939. The molecule has 0 aliphatic heterocycles. The third-order valence-electron chi connectivity index (χ3n) is 2.78. The van der Waals surface area contributed by atoms with E-state index < -0.39 is 0 Å². The molecule has 0 atom stereocenters. The highest BCUT2D eigenvalue weighted by molar-refractivity contribution is 6.31. The van der Waals surface area contributed by atoms with Crippen molar-refractivity contribution >= 4 is 17.5 Å². The van der Waals surface area contributed by atoms with E-state index in [1.807, 2.05) is 0 Å². The SMILES string of the molecule is COCOc1ccc(C(=O)N(C)C2CC2)nc1Cl. The summed E-state index contributed by atoms with van der Waals surface area (Å²) in [6, 6.07) is 3.59. The lowest BCUT2D eigenvalue weighted by Gasteiger charge is -2.16. The maximum atomic E-state index is 12.0. The molecule has 1 aliphatic rings. The normalized spacial score (nSPS) is 14.4. The molecule has 1 amide bonds. The Labute approximate surface area is 111 Å². The molecule has 1 saturated carbocycles. The van der Waals surface area contributed by atoms with Crippen molar-refractivity contribution in [2.24, 2.45) is 0 Å². The Kier molecular flexibility index (Phi) is 4.04. The van der Waals surface area contributed by atoms with Gasteiger partial charge < -0.3 is 14.4 Å². The molecule has 6 heteroatoms. The fraction of sp³-hybridized carbons (Fsp3) is 0.500. The van der Waals surface area contributed by atoms with Gasteiger partial charge >= 0.3 is 0 Å². The Morgan fingerprint density at radius 3 is 2.83 bits per heavy atom. The number of halogens is 1. The predicted molar refractivity (Wildman–Crippen MR) is 66.9 cm³/mol. The third kappa shape index (κ3) is 2.91. The summed E-state index contributed by atoms with van der Waals surface area (Å²) in [4.78, 5) is 17.8. The fourth-order valence-corrected chi connectivity index (χ4v) is 1.79. The topological polar surface area (TPSA) is 51.7 Å². The standard InChI is InChI=1S/C12H15ClN2O3/c1-15(8-3-4-8)12(16)9-5-6-10(11(13)14-9)18-7-17-2/h5-6,8H,3-4,7H2,1-2H3. The number of aromatic nitrogens is 1. The number of nitrogens with zero attached hydrogens (tertiary/aromatic N) is 2. The first-order valence-corrected chi connectivity index (χ1v) is 6.06. The predicted octanol–water partition coefficient (Wildman–Crippen LogP) is 1.95. The maximum Gasteiger partial charge on any atom is 0.272 e. The molecule has 0 saturated heterocycles. The molecule has 1 aliphatic carbocycles. The van der Waals surface area contributed by atoms with Crippen LogP contribution in [0.25, 0.3) is 0 Å². The van der Waals surface area contributed by atoms with Gasteiger partial charge in [-0.25, -0.2) is 4.98 Å². The van der Waals surface area contributed by atoms with E-state index in [-0.39, 0.29) is 17.9 Å². The highest BCUT2D eigenvalue weighted by Gasteiger charge is 2.30. The molecule has 1 heterocycles. The van der Waals surface area contributed by atoms with Crippen molar-refractivity contribution in [1.29, 1.82) is 0 Å². The number of carbonyl (C=O) groups is 1. The van der Waals surface area contributed by atoms with Crippen LogP contribution < -0.4 is 4.74 Å². The number of rotatable bonds is 5. The van der Waals surface area contributed by atoms with E-state index in [9.17, 15) is 4.79 Å². The van der Waals surface area contributed by atoms with Crippen LogP contribution in [0, 0.1) is 0 Å². The van der Waals surface area contributed by atoms with Crippen molar-refractivity contribution in [3.05, 3.63) is 23.0 Å². The molecule has 0 bridgehead atoms. The smallest absolute Gasteiger partial charge is 0.272 e. The summed E-state index contributed by atoms with van der Waals surface area (Å²) >= 11 is 5.95. The van der Waals surface area contributed by atoms with Crippen molar-refractivity contribution in [2.45, 2.75) is 18.9 Å². The Bertz CT molecular complexity index is 449. The Balaban J connectivity index is 2.09. The second kappa shape index (κ2) is 5.54. The molecule has 0 spiro atoms. The molecule has 0 aromatic carbocycles. The number of hydrogen-bond donors (Lipinski definition) is 0. The highest BCUT2D eigenvalue weighted by atomic mass is 35.5. The van der Waals surface area contributed by atoms with Crippen LogP contribution in [0.5, 0.6) is 5.75 Å². The number of ether oxygens (including phenoxy) is 2. The average Bonchev–Trinajstić information content (AvgIpc) is 3.19. The molecule has 98 valence electrons. The van der Waals surface area contributed by atoms with Crippen molar-refractivity contribution in [3.63, 3.8) is 0 Å². The number of methoxy groups -OCH3 is 1. The Hall–Kier alpha value is -1.33. The van der Waals surface area contributed by atoms with Gasteiger partial charge in [0.2, 0.25) is 0 Å². The lowest BCUT2D eigenvalue weighted by atomic mass is 10.3. The van der Waals surface area contributed by atoms with Crippen molar-refractivity contribution in [3.8, 4) is 5.75 Å². The van der Waals surface area contributed by atoms with Gasteiger partial charge in [-0.3, -0.25) is 4.79 Å². The number of carbonyl (C=O) groups excluding carboxylic acids is 1. The van der Waals surface area contributed by atoms with Gasteiger partial charge in [0.1, 0.15) is 5.69 Å². The van der Waals surface area contributed by atoms with Crippen LogP contribution in [-0.2, 0) is 4.74 Å². The minimum Gasteiger partial charge on any atom is -0.464 e. The van der Waals surface area contributed by atoms with Gasteiger partial charge in [-0.15, -0.1) is 0 Å². The molecule has 2 rings (SSSR count). The van der Waals surface area contributed by atoms with E-state index in [4.69, 9.17) is 21.1 Å². The Morgan fingerprint density at radius 2 is 2.28 bits per heavy atom. The minimum atomic E-state index is -0.113. The second-order valence-electron chi connectivity index (χ2n) is 4.18. The van der Waals surface area contributed by atoms with Crippen LogP contribution >= 0.6 is 11.6 Å². The van der Waals surface area contributed by atoms with Crippen molar-refractivity contribution in [1.82, 2.24) is 9.88 Å². The zero-order valence-corrected chi connectivity index (χ0v) is 11.1. The summed E-state index contributed by atoms with van der Waals surface area (Å²) in [6.07, 6.45) is 2.12. The second-order valence-corrected chi connectivity index (χ2v) is 4.54. The summed E-state index contributed by atoms with van der Waals surface area (Å²) in [5.74, 6) is 0.293. The van der Waals surface area contributed by atoms with E-state index >= 15 is 0 Å². The van der Waals surface area contributed by atoms with Crippen LogP contribution in [0.1, 0.15) is 23.3 Å². The van der Waals surface area contributed by atoms with Gasteiger partial charge in [0.05, 0.1) is 0 Å². The van der Waals surface area contributed by atoms with Crippen LogP contribution in [-0.4, -0.2) is 42.8 Å². The summed E-state index contributed by atoms with van der Waals surface area (Å²) in [5, 5.41) is 0.169. The molecule has 0 unspecified atom stereocenters. The molecular weight excluding hydrogens is 256 g/mol. The molecule has 0 N–H and O–H groups in total. The molecule has 5 nitrogen and oxygen atoms in total. The zero-order valence-electron chi connectivity index (χ0n) is 10.4. The summed E-state index contributed by atoms with van der Waals surface area (Å²) in [5.41, 5.74) is 0.333. The van der Waals surface area contributed by atoms with Gasteiger partial charge in [0, 0.05) is 20.2 Å². The van der Waals surface area contributed by atoms with Crippen LogP contribution in [0.15, 0.2) is 12.1 Å². The monoisotopic (exact) mass is 270 g/mol. The van der Waals surface area contributed by atoms with E-state index in [0.717, 1.165) is 12.8 Å². The molecule has 1 aromatic heterocycles. The lowest BCUT2D eigenvalue weighted by Crippen LogP contribution is -2.29. The fourth-order valence-electron chi connectivity index (χ4n) is 1.58. The van der Waals surface area contributed by atoms with Crippen molar-refractivity contribution in [2.75, 3.05) is 21.0 Å². The molecule has 18 heavy (non-hydrogen) atoms. The van der Waals surface area contributed by atoms with Gasteiger partial charge in [0.25, 0.3) is 5.91 Å². The third-order valence-corrected chi connectivity index (χ3v) is 3.05. The van der Waals surface area contributed by atoms with Crippen molar-refractivity contribution < 1.29 is 14.3 Å². The van der Waals surface area contributed by atoms with Crippen LogP contribution in [0.4, 0.5) is 0 Å².